The Morgan fingerprint density at radius 3 is 3.00 bits per heavy atom. The summed E-state index contributed by atoms with van der Waals surface area (Å²) in [5, 5.41) is 3.13. The molecule has 5 heteroatoms. The summed E-state index contributed by atoms with van der Waals surface area (Å²) in [5.74, 6) is 0.792. The van der Waals surface area contributed by atoms with Crippen LogP contribution in [0.5, 0.6) is 0 Å². The summed E-state index contributed by atoms with van der Waals surface area (Å²) in [6, 6.07) is 0. The molecule has 1 spiro atoms. The Hall–Kier alpha value is -1.49. The van der Waals surface area contributed by atoms with Gasteiger partial charge < -0.3 is 10.1 Å². The highest BCUT2D eigenvalue weighted by Crippen LogP contribution is 2.70. The van der Waals surface area contributed by atoms with E-state index >= 15 is 0 Å². The van der Waals surface area contributed by atoms with E-state index in [4.69, 9.17) is 4.74 Å². The fourth-order valence-corrected chi connectivity index (χ4v) is 4.12. The molecule has 0 bridgehead atoms. The Morgan fingerprint density at radius 2 is 2.33 bits per heavy atom. The van der Waals surface area contributed by atoms with Crippen molar-refractivity contribution in [3.05, 3.63) is 24.3 Å². The molecule has 3 aliphatic rings. The Balaban J connectivity index is 1.28. The number of hydrogen-bond acceptors (Lipinski definition) is 4. The van der Waals surface area contributed by atoms with Gasteiger partial charge in [0.1, 0.15) is 0 Å². The molecule has 0 radical (unpaired) electrons. The van der Waals surface area contributed by atoms with E-state index in [2.05, 4.69) is 15.3 Å². The highest BCUT2D eigenvalue weighted by atomic mass is 16.5. The van der Waals surface area contributed by atoms with Crippen LogP contribution >= 0.6 is 0 Å². The van der Waals surface area contributed by atoms with Crippen LogP contribution in [0.4, 0.5) is 0 Å². The number of carbonyl (C=O) groups excluding carboxylic acids is 1. The highest BCUT2D eigenvalue weighted by Gasteiger charge is 2.73. The lowest BCUT2D eigenvalue weighted by atomic mass is 9.68. The quantitative estimate of drug-likeness (QED) is 0.891. The monoisotopic (exact) mass is 287 g/mol. The van der Waals surface area contributed by atoms with Crippen molar-refractivity contribution in [1.29, 1.82) is 0 Å². The number of aryl methyl sites for hydroxylation is 1. The highest BCUT2D eigenvalue weighted by molar-refractivity contribution is 5.76. The SMILES string of the molecule is O=C(CCc1cnccn1)NC[C@]12C[C@H]1COC21CCC1. The molecular weight excluding hydrogens is 266 g/mol. The van der Waals surface area contributed by atoms with E-state index in [1.807, 2.05) is 0 Å². The molecule has 1 N–H and O–H groups in total. The third kappa shape index (κ3) is 2.06. The molecule has 112 valence electrons. The Morgan fingerprint density at radius 1 is 1.43 bits per heavy atom. The van der Waals surface area contributed by atoms with Crippen LogP contribution in [0.2, 0.25) is 0 Å². The van der Waals surface area contributed by atoms with Crippen molar-refractivity contribution in [2.24, 2.45) is 11.3 Å². The average molecular weight is 287 g/mol. The van der Waals surface area contributed by atoms with Crippen LogP contribution in [0, 0.1) is 11.3 Å². The maximum absolute atomic E-state index is 12.1. The van der Waals surface area contributed by atoms with E-state index in [0.29, 0.717) is 18.8 Å². The number of nitrogens with one attached hydrogen (secondary N) is 1. The van der Waals surface area contributed by atoms with Crippen LogP contribution in [0.1, 0.15) is 37.8 Å². The molecule has 2 saturated carbocycles. The number of amides is 1. The number of nitrogens with zero attached hydrogens (tertiary/aromatic N) is 2. The molecule has 21 heavy (non-hydrogen) atoms. The minimum Gasteiger partial charge on any atom is -0.374 e. The van der Waals surface area contributed by atoms with Crippen molar-refractivity contribution in [1.82, 2.24) is 15.3 Å². The molecule has 2 heterocycles. The predicted molar refractivity (Wildman–Crippen MR) is 76.4 cm³/mol. The lowest BCUT2D eigenvalue weighted by Gasteiger charge is -2.45. The van der Waals surface area contributed by atoms with E-state index in [0.717, 1.165) is 18.8 Å². The number of aromatic nitrogens is 2. The third-order valence-corrected chi connectivity index (χ3v) is 5.69. The van der Waals surface area contributed by atoms with Gasteiger partial charge in [0, 0.05) is 37.0 Å². The predicted octanol–water partition coefficient (Wildman–Crippen LogP) is 1.48. The Kier molecular flexibility index (Phi) is 2.99. The van der Waals surface area contributed by atoms with Crippen molar-refractivity contribution < 1.29 is 9.53 Å². The summed E-state index contributed by atoms with van der Waals surface area (Å²) >= 11 is 0. The molecule has 3 fully saturated rings. The molecule has 1 aromatic rings. The summed E-state index contributed by atoms with van der Waals surface area (Å²) in [5.41, 5.74) is 1.23. The van der Waals surface area contributed by atoms with Crippen LogP contribution < -0.4 is 5.32 Å². The topological polar surface area (TPSA) is 64.1 Å². The van der Waals surface area contributed by atoms with E-state index < -0.39 is 0 Å². The first-order valence-corrected chi connectivity index (χ1v) is 7.90. The number of rotatable bonds is 5. The first-order valence-electron chi connectivity index (χ1n) is 7.90. The molecule has 1 saturated heterocycles. The normalized spacial score (nSPS) is 31.5. The minimum absolute atomic E-state index is 0.107. The van der Waals surface area contributed by atoms with Crippen molar-refractivity contribution >= 4 is 5.91 Å². The van der Waals surface area contributed by atoms with Crippen LogP contribution in [-0.4, -0.2) is 34.6 Å². The lowest BCUT2D eigenvalue weighted by molar-refractivity contribution is -0.125. The van der Waals surface area contributed by atoms with Gasteiger partial charge in [-0.3, -0.25) is 14.8 Å². The van der Waals surface area contributed by atoms with Gasteiger partial charge in [-0.2, -0.15) is 0 Å². The Bertz CT molecular complexity index is 544. The first kappa shape index (κ1) is 13.2. The second-order valence-corrected chi connectivity index (χ2v) is 6.69. The second kappa shape index (κ2) is 4.77. The molecule has 0 unspecified atom stereocenters. The summed E-state index contributed by atoms with van der Waals surface area (Å²) in [7, 11) is 0. The number of carbonyl (C=O) groups is 1. The van der Waals surface area contributed by atoms with Gasteiger partial charge in [-0.15, -0.1) is 0 Å². The summed E-state index contributed by atoms with van der Waals surface area (Å²) < 4.78 is 6.03. The molecule has 0 aromatic carbocycles. The standard InChI is InChI=1S/C16H21N3O2/c20-14(3-2-13-9-17-6-7-18-13)19-11-15-8-12(15)10-21-16(15)4-1-5-16/h6-7,9,12H,1-5,8,10-11H2,(H,19,20)/t12-,15+/m0/s1. The molecule has 2 atom stereocenters. The van der Waals surface area contributed by atoms with Crippen molar-refractivity contribution in [3.63, 3.8) is 0 Å². The van der Waals surface area contributed by atoms with Crippen molar-refractivity contribution in [3.8, 4) is 0 Å². The molecule has 5 nitrogen and oxygen atoms in total. The van der Waals surface area contributed by atoms with Crippen LogP contribution in [-0.2, 0) is 16.0 Å². The van der Waals surface area contributed by atoms with Gasteiger partial charge in [-0.25, -0.2) is 0 Å². The lowest BCUT2D eigenvalue weighted by Crippen LogP contribution is -2.50. The van der Waals surface area contributed by atoms with Gasteiger partial charge in [0.25, 0.3) is 0 Å². The number of hydrogen-bond donors (Lipinski definition) is 1. The average Bonchev–Trinajstić information content (AvgIpc) is 3.09. The zero-order chi connectivity index (χ0) is 14.3. The summed E-state index contributed by atoms with van der Waals surface area (Å²) in [6.07, 6.45) is 11.0. The van der Waals surface area contributed by atoms with Crippen LogP contribution in [0.15, 0.2) is 18.6 Å². The van der Waals surface area contributed by atoms with Crippen molar-refractivity contribution in [2.75, 3.05) is 13.2 Å². The fourth-order valence-electron chi connectivity index (χ4n) is 4.12. The van der Waals surface area contributed by atoms with Gasteiger partial charge >= 0.3 is 0 Å². The smallest absolute Gasteiger partial charge is 0.220 e. The van der Waals surface area contributed by atoms with Crippen LogP contribution in [0.25, 0.3) is 0 Å². The van der Waals surface area contributed by atoms with E-state index in [1.54, 1.807) is 18.6 Å². The van der Waals surface area contributed by atoms with Gasteiger partial charge in [0.05, 0.1) is 17.9 Å². The molecule has 1 aromatic heterocycles. The van der Waals surface area contributed by atoms with Gasteiger partial charge in [-0.05, 0) is 38.0 Å². The summed E-state index contributed by atoms with van der Waals surface area (Å²) in [6.45, 7) is 1.69. The second-order valence-electron chi connectivity index (χ2n) is 6.69. The van der Waals surface area contributed by atoms with Gasteiger partial charge in [-0.1, -0.05) is 0 Å². The first-order chi connectivity index (χ1) is 10.2. The van der Waals surface area contributed by atoms with Gasteiger partial charge in [0.15, 0.2) is 0 Å². The number of ether oxygens (including phenoxy) is 1. The number of fused-ring (bicyclic) bond motifs is 2. The van der Waals surface area contributed by atoms with E-state index in [1.165, 1.54) is 25.7 Å². The Labute approximate surface area is 124 Å². The van der Waals surface area contributed by atoms with E-state index in [-0.39, 0.29) is 16.9 Å². The molecule has 1 amide bonds. The molecule has 1 aliphatic heterocycles. The maximum atomic E-state index is 12.1. The zero-order valence-electron chi connectivity index (χ0n) is 12.2. The fraction of sp³-hybridized carbons (Fsp3) is 0.688. The van der Waals surface area contributed by atoms with E-state index in [9.17, 15) is 4.79 Å². The molecule has 2 aliphatic carbocycles. The zero-order valence-corrected chi connectivity index (χ0v) is 12.2. The molecular formula is C16H21N3O2. The minimum atomic E-state index is 0.107. The summed E-state index contributed by atoms with van der Waals surface area (Å²) in [4.78, 5) is 20.3. The maximum Gasteiger partial charge on any atom is 0.220 e. The van der Waals surface area contributed by atoms with Crippen molar-refractivity contribution in [2.45, 2.75) is 44.1 Å². The van der Waals surface area contributed by atoms with Crippen LogP contribution in [0.3, 0.4) is 0 Å². The molecule has 4 rings (SSSR count). The largest absolute Gasteiger partial charge is 0.374 e. The third-order valence-electron chi connectivity index (χ3n) is 5.69. The van der Waals surface area contributed by atoms with Gasteiger partial charge in [0.2, 0.25) is 5.91 Å².